The Morgan fingerprint density at radius 3 is 1.08 bits per heavy atom. The number of unbranched alkanes of at least 4 members (excludes halogenated alkanes) is 1. The van der Waals surface area contributed by atoms with Crippen molar-refractivity contribution in [2.24, 2.45) is 0 Å². The maximum atomic E-state index is 6.41. The Kier molecular flexibility index (Phi) is 11.3. The van der Waals surface area contributed by atoms with Crippen LogP contribution in [0.2, 0.25) is 0 Å². The van der Waals surface area contributed by atoms with E-state index in [-0.39, 0.29) is 25.4 Å². The average molecular weight is 719 g/mol. The van der Waals surface area contributed by atoms with Gasteiger partial charge in [-0.25, -0.2) is 0 Å². The molecule has 278 valence electrons. The second kappa shape index (κ2) is 16.2. The van der Waals surface area contributed by atoms with E-state index in [4.69, 9.17) is 56.8 Å². The summed E-state index contributed by atoms with van der Waals surface area (Å²) in [7, 11) is 9.60. The van der Waals surface area contributed by atoms with Crippen LogP contribution in [0.3, 0.4) is 0 Å². The molecule has 0 saturated heterocycles. The molecule has 52 heavy (non-hydrogen) atoms. The molecule has 0 saturated carbocycles. The van der Waals surface area contributed by atoms with Crippen LogP contribution in [0, 0.1) is 0 Å². The van der Waals surface area contributed by atoms with Crippen LogP contribution in [-0.2, 0) is 0 Å². The zero-order valence-electron chi connectivity index (χ0n) is 30.9. The van der Waals surface area contributed by atoms with E-state index < -0.39 is 0 Å². The number of rotatable bonds is 17. The second-order valence-corrected chi connectivity index (χ2v) is 12.3. The van der Waals surface area contributed by atoms with Crippen molar-refractivity contribution < 1.29 is 56.8 Å². The number of methoxy groups -OCH3 is 6. The molecule has 12 heteroatoms. The Balaban J connectivity index is 1.15. The molecule has 2 aliphatic rings. The quantitative estimate of drug-likeness (QED) is 0.0997. The number of ether oxygens (including phenoxy) is 12. The summed E-state index contributed by atoms with van der Waals surface area (Å²) in [6.07, 6.45) is 1.49. The Morgan fingerprint density at radius 1 is 0.442 bits per heavy atom. The van der Waals surface area contributed by atoms with Gasteiger partial charge in [0.25, 0.3) is 0 Å². The highest BCUT2D eigenvalue weighted by Crippen LogP contribution is 2.48. The van der Waals surface area contributed by atoms with Crippen molar-refractivity contribution in [3.63, 3.8) is 0 Å². The van der Waals surface area contributed by atoms with E-state index in [0.29, 0.717) is 82.2 Å². The van der Waals surface area contributed by atoms with Gasteiger partial charge in [0.1, 0.15) is 11.5 Å². The summed E-state index contributed by atoms with van der Waals surface area (Å²) < 4.78 is 69.2. The van der Waals surface area contributed by atoms with Gasteiger partial charge in [0.15, 0.2) is 46.0 Å². The van der Waals surface area contributed by atoms with Gasteiger partial charge < -0.3 is 56.8 Å². The molecule has 0 aromatic heterocycles. The summed E-state index contributed by atoms with van der Waals surface area (Å²) in [6.45, 7) is 5.45. The van der Waals surface area contributed by atoms with Crippen LogP contribution in [0.1, 0.15) is 60.8 Å². The van der Waals surface area contributed by atoms with E-state index in [1.165, 1.54) is 0 Å². The third-order valence-corrected chi connectivity index (χ3v) is 9.37. The zero-order chi connectivity index (χ0) is 36.8. The first-order valence-electron chi connectivity index (χ1n) is 17.1. The smallest absolute Gasteiger partial charge is 0.231 e. The SMILES string of the molecule is COc1cc([C@@H](C)c2cc3c(cc2OCCCCOc2cc4c(cc2[C@H](C)c2cc(OC)c(OC)c(OC)c2)OCO4)OCO3)cc(OC)c1OC. The topological polar surface area (TPSA) is 111 Å². The van der Waals surface area contributed by atoms with Crippen LogP contribution in [0.4, 0.5) is 0 Å². The molecule has 0 bridgehead atoms. The average Bonchev–Trinajstić information content (AvgIpc) is 3.85. The summed E-state index contributed by atoms with van der Waals surface area (Å²) >= 11 is 0. The first-order chi connectivity index (χ1) is 25.3. The van der Waals surface area contributed by atoms with Crippen molar-refractivity contribution in [3.05, 3.63) is 70.8 Å². The van der Waals surface area contributed by atoms with Crippen molar-refractivity contribution in [2.45, 2.75) is 38.5 Å². The fourth-order valence-corrected chi connectivity index (χ4v) is 6.44. The lowest BCUT2D eigenvalue weighted by Crippen LogP contribution is -2.08. The van der Waals surface area contributed by atoms with Crippen molar-refractivity contribution in [1.29, 1.82) is 0 Å². The van der Waals surface area contributed by atoms with Gasteiger partial charge in [0.05, 0.1) is 55.9 Å². The predicted molar refractivity (Wildman–Crippen MR) is 193 cm³/mol. The maximum Gasteiger partial charge on any atom is 0.231 e. The van der Waals surface area contributed by atoms with Gasteiger partial charge in [-0.05, 0) is 60.4 Å². The molecule has 2 aliphatic heterocycles. The molecular formula is C40H46O12. The standard InChI is InChI=1S/C40H46O12/c1-23(25-13-35(41-3)39(45-7)36(14-25)42-4)27-17-31-33(51-21-49-31)19-29(27)47-11-9-10-12-48-30-20-34-32(50-22-52-34)18-28(30)24(2)26-15-37(43-5)40(46-8)38(16-26)44-6/h13-20,23-24H,9-12,21-22H2,1-8H3/t23-,24-/m1/s1. The van der Waals surface area contributed by atoms with Gasteiger partial charge in [0, 0.05) is 35.1 Å². The predicted octanol–water partition coefficient (Wildman–Crippen LogP) is 7.74. The van der Waals surface area contributed by atoms with Crippen LogP contribution >= 0.6 is 0 Å². The van der Waals surface area contributed by atoms with Crippen LogP contribution in [-0.4, -0.2) is 69.5 Å². The molecule has 6 rings (SSSR count). The summed E-state index contributed by atoms with van der Waals surface area (Å²) in [4.78, 5) is 0. The lowest BCUT2D eigenvalue weighted by Gasteiger charge is -2.21. The van der Waals surface area contributed by atoms with Crippen LogP contribution in [0.15, 0.2) is 48.5 Å². The number of benzene rings is 4. The van der Waals surface area contributed by atoms with E-state index >= 15 is 0 Å². The molecule has 0 fully saturated rings. The number of fused-ring (bicyclic) bond motifs is 2. The van der Waals surface area contributed by atoms with Gasteiger partial charge in [-0.15, -0.1) is 0 Å². The lowest BCUT2D eigenvalue weighted by atomic mass is 9.91. The van der Waals surface area contributed by atoms with Crippen LogP contribution < -0.4 is 56.8 Å². The first kappa shape index (κ1) is 36.3. The molecule has 0 unspecified atom stereocenters. The van der Waals surface area contributed by atoms with Crippen LogP contribution in [0.25, 0.3) is 0 Å². The zero-order valence-corrected chi connectivity index (χ0v) is 30.9. The van der Waals surface area contributed by atoms with Gasteiger partial charge in [-0.2, -0.15) is 0 Å². The minimum absolute atomic E-state index is 0.0985. The van der Waals surface area contributed by atoms with Crippen molar-refractivity contribution in [2.75, 3.05) is 69.5 Å². The van der Waals surface area contributed by atoms with E-state index in [1.54, 1.807) is 42.7 Å². The fourth-order valence-electron chi connectivity index (χ4n) is 6.44. The molecule has 12 nitrogen and oxygen atoms in total. The van der Waals surface area contributed by atoms with E-state index in [1.807, 2.05) is 48.5 Å². The molecule has 0 radical (unpaired) electrons. The van der Waals surface area contributed by atoms with Gasteiger partial charge in [0.2, 0.25) is 25.1 Å². The molecule has 4 aromatic rings. The Labute approximate surface area is 304 Å². The molecule has 2 atom stereocenters. The lowest BCUT2D eigenvalue weighted by molar-refractivity contribution is 0.173. The van der Waals surface area contributed by atoms with Crippen LogP contribution in [0.5, 0.6) is 69.0 Å². The third kappa shape index (κ3) is 7.28. The highest BCUT2D eigenvalue weighted by atomic mass is 16.7. The molecule has 0 N–H and O–H groups in total. The minimum Gasteiger partial charge on any atom is -0.493 e. The Hall–Kier alpha value is -5.52. The minimum atomic E-state index is -0.0985. The normalized spacial score (nSPS) is 13.6. The number of hydrogen-bond acceptors (Lipinski definition) is 12. The maximum absolute atomic E-state index is 6.41. The monoisotopic (exact) mass is 718 g/mol. The summed E-state index contributed by atoms with van der Waals surface area (Å²) in [5, 5.41) is 0. The molecular weight excluding hydrogens is 672 g/mol. The van der Waals surface area contributed by atoms with E-state index in [9.17, 15) is 0 Å². The van der Waals surface area contributed by atoms with E-state index in [0.717, 1.165) is 35.1 Å². The largest absolute Gasteiger partial charge is 0.493 e. The Morgan fingerprint density at radius 2 is 0.769 bits per heavy atom. The molecule has 0 aliphatic carbocycles. The molecule has 0 amide bonds. The number of hydrogen-bond donors (Lipinski definition) is 0. The van der Waals surface area contributed by atoms with E-state index in [2.05, 4.69) is 13.8 Å². The summed E-state index contributed by atoms with van der Waals surface area (Å²) in [5.41, 5.74) is 3.82. The van der Waals surface area contributed by atoms with Gasteiger partial charge in [-0.3, -0.25) is 0 Å². The van der Waals surface area contributed by atoms with Crippen molar-refractivity contribution in [3.8, 4) is 69.0 Å². The highest BCUT2D eigenvalue weighted by molar-refractivity contribution is 5.60. The second-order valence-electron chi connectivity index (χ2n) is 12.3. The van der Waals surface area contributed by atoms with Crippen molar-refractivity contribution >= 4 is 0 Å². The summed E-state index contributed by atoms with van der Waals surface area (Å²) in [5.74, 6) is 7.26. The molecule has 4 aromatic carbocycles. The first-order valence-corrected chi connectivity index (χ1v) is 17.1. The highest BCUT2D eigenvalue weighted by Gasteiger charge is 2.26. The van der Waals surface area contributed by atoms with Gasteiger partial charge in [-0.1, -0.05) is 13.8 Å². The third-order valence-electron chi connectivity index (χ3n) is 9.37. The molecule has 0 spiro atoms. The van der Waals surface area contributed by atoms with Crippen molar-refractivity contribution in [1.82, 2.24) is 0 Å². The molecule has 2 heterocycles. The van der Waals surface area contributed by atoms with Gasteiger partial charge >= 0.3 is 0 Å². The Bertz CT molecular complexity index is 1690. The fraction of sp³-hybridized carbons (Fsp3) is 0.400. The summed E-state index contributed by atoms with van der Waals surface area (Å²) in [6, 6.07) is 15.5.